The number of aromatic nitrogens is 1. The number of nitrogens with two attached hydrogens (primary N) is 1. The number of aryl methyl sites for hydroxylation is 1. The van der Waals surface area contributed by atoms with E-state index in [0.717, 1.165) is 4.88 Å². The molecule has 4 nitrogen and oxygen atoms in total. The third-order valence-corrected chi connectivity index (χ3v) is 4.38. The first-order valence-electron chi connectivity index (χ1n) is 5.15. The fourth-order valence-electron chi connectivity index (χ4n) is 1.50. The van der Waals surface area contributed by atoms with Crippen LogP contribution in [-0.4, -0.2) is 10.9 Å². The van der Waals surface area contributed by atoms with E-state index in [1.54, 1.807) is 18.3 Å². The summed E-state index contributed by atoms with van der Waals surface area (Å²) in [6, 6.07) is 3.98. The Bertz CT molecular complexity index is 519. The maximum atomic E-state index is 12.0. The zero-order valence-electron chi connectivity index (χ0n) is 9.56. The molecule has 0 aliphatic heterocycles. The van der Waals surface area contributed by atoms with Gasteiger partial charge in [-0.1, -0.05) is 17.4 Å². The number of nitrogens with zero attached hydrogens (tertiary/aromatic N) is 1. The van der Waals surface area contributed by atoms with Gasteiger partial charge in [-0.3, -0.25) is 4.79 Å². The molecule has 2 aromatic rings. The van der Waals surface area contributed by atoms with Gasteiger partial charge >= 0.3 is 0 Å². The van der Waals surface area contributed by atoms with Crippen molar-refractivity contribution >= 4 is 33.7 Å². The molecule has 0 aromatic carbocycles. The van der Waals surface area contributed by atoms with Crippen LogP contribution in [0.15, 0.2) is 17.5 Å². The molecule has 1 atom stereocenters. The predicted molar refractivity (Wildman–Crippen MR) is 71.5 cm³/mol. The number of thiophene rings is 1. The van der Waals surface area contributed by atoms with E-state index in [1.165, 1.54) is 11.3 Å². The Labute approximate surface area is 107 Å². The van der Waals surface area contributed by atoms with Gasteiger partial charge in [0.25, 0.3) is 5.91 Å². The fraction of sp³-hybridized carbons (Fsp3) is 0.273. The molecule has 1 unspecified atom stereocenters. The van der Waals surface area contributed by atoms with Crippen molar-refractivity contribution in [1.29, 1.82) is 0 Å². The molecule has 0 spiro atoms. The first-order chi connectivity index (χ1) is 8.08. The lowest BCUT2D eigenvalue weighted by Gasteiger charge is -2.11. The Hall–Kier alpha value is -1.40. The van der Waals surface area contributed by atoms with Crippen LogP contribution in [0.5, 0.6) is 0 Å². The van der Waals surface area contributed by atoms with Gasteiger partial charge in [-0.15, -0.1) is 11.3 Å². The quantitative estimate of drug-likeness (QED) is 0.898. The van der Waals surface area contributed by atoms with Crippen molar-refractivity contribution in [3.8, 4) is 0 Å². The first kappa shape index (κ1) is 12.1. The number of nitrogens with one attached hydrogen (secondary N) is 1. The topological polar surface area (TPSA) is 68.0 Å². The summed E-state index contributed by atoms with van der Waals surface area (Å²) in [5.74, 6) is -0.113. The second-order valence-corrected chi connectivity index (χ2v) is 5.69. The molecule has 0 radical (unpaired) electrons. The van der Waals surface area contributed by atoms with Gasteiger partial charge in [-0.2, -0.15) is 0 Å². The van der Waals surface area contributed by atoms with Gasteiger partial charge < -0.3 is 11.1 Å². The number of hydrogen-bond donors (Lipinski definition) is 2. The van der Waals surface area contributed by atoms with Crippen molar-refractivity contribution in [3.63, 3.8) is 0 Å². The van der Waals surface area contributed by atoms with Crippen molar-refractivity contribution in [1.82, 2.24) is 10.3 Å². The molecule has 2 heterocycles. The van der Waals surface area contributed by atoms with Gasteiger partial charge in [0.15, 0.2) is 5.13 Å². The lowest BCUT2D eigenvalue weighted by molar-refractivity contribution is 0.0944. The average Bonchev–Trinajstić information content (AvgIpc) is 2.87. The highest BCUT2D eigenvalue weighted by molar-refractivity contribution is 7.17. The van der Waals surface area contributed by atoms with Crippen molar-refractivity contribution in [3.05, 3.63) is 33.0 Å². The van der Waals surface area contributed by atoms with Gasteiger partial charge in [-0.25, -0.2) is 4.98 Å². The van der Waals surface area contributed by atoms with E-state index in [1.807, 2.05) is 24.4 Å². The molecule has 2 aromatic heterocycles. The van der Waals surface area contributed by atoms with E-state index in [4.69, 9.17) is 5.73 Å². The molecule has 6 heteroatoms. The van der Waals surface area contributed by atoms with E-state index in [0.29, 0.717) is 15.7 Å². The molecule has 90 valence electrons. The lowest BCUT2D eigenvalue weighted by Crippen LogP contribution is -2.25. The molecule has 17 heavy (non-hydrogen) atoms. The highest BCUT2D eigenvalue weighted by atomic mass is 32.1. The van der Waals surface area contributed by atoms with Gasteiger partial charge in [-0.05, 0) is 25.3 Å². The number of nitrogen functional groups attached to an aromatic ring is 1. The number of amides is 1. The van der Waals surface area contributed by atoms with Crippen LogP contribution >= 0.6 is 22.7 Å². The largest absolute Gasteiger partial charge is 0.375 e. The highest BCUT2D eigenvalue weighted by Gasteiger charge is 2.17. The summed E-state index contributed by atoms with van der Waals surface area (Å²) in [6.07, 6.45) is 0. The minimum absolute atomic E-state index is 0.00484. The maximum Gasteiger partial charge on any atom is 0.263 e. The molecule has 0 aliphatic carbocycles. The summed E-state index contributed by atoms with van der Waals surface area (Å²) in [5, 5.41) is 5.36. The van der Waals surface area contributed by atoms with Crippen LogP contribution < -0.4 is 11.1 Å². The Morgan fingerprint density at radius 1 is 1.59 bits per heavy atom. The molecule has 0 fully saturated rings. The van der Waals surface area contributed by atoms with Crippen LogP contribution in [0.3, 0.4) is 0 Å². The van der Waals surface area contributed by atoms with E-state index in [9.17, 15) is 4.79 Å². The summed E-state index contributed by atoms with van der Waals surface area (Å²) in [4.78, 5) is 17.8. The third-order valence-electron chi connectivity index (χ3n) is 2.34. The molecule has 2 rings (SSSR count). The summed E-state index contributed by atoms with van der Waals surface area (Å²) in [5.41, 5.74) is 6.26. The molecule has 3 N–H and O–H groups in total. The number of anilines is 1. The molecular formula is C11H13N3OS2. The number of rotatable bonds is 3. The molecule has 0 saturated carbocycles. The van der Waals surface area contributed by atoms with Crippen molar-refractivity contribution in [2.24, 2.45) is 0 Å². The van der Waals surface area contributed by atoms with Gasteiger partial charge in [0, 0.05) is 4.88 Å². The number of hydrogen-bond acceptors (Lipinski definition) is 5. The van der Waals surface area contributed by atoms with Gasteiger partial charge in [0.1, 0.15) is 4.88 Å². The van der Waals surface area contributed by atoms with E-state index >= 15 is 0 Å². The second-order valence-electron chi connectivity index (χ2n) is 3.68. The van der Waals surface area contributed by atoms with Crippen LogP contribution in [0.2, 0.25) is 0 Å². The fourth-order valence-corrected chi connectivity index (χ4v) is 2.97. The smallest absolute Gasteiger partial charge is 0.263 e. The Morgan fingerprint density at radius 2 is 2.35 bits per heavy atom. The molecule has 0 bridgehead atoms. The summed E-state index contributed by atoms with van der Waals surface area (Å²) >= 11 is 2.85. The Balaban J connectivity index is 2.09. The molecule has 0 saturated heterocycles. The van der Waals surface area contributed by atoms with E-state index < -0.39 is 0 Å². The highest BCUT2D eigenvalue weighted by Crippen LogP contribution is 2.22. The minimum Gasteiger partial charge on any atom is -0.375 e. The zero-order chi connectivity index (χ0) is 12.4. The molecule has 0 aliphatic rings. The van der Waals surface area contributed by atoms with Crippen LogP contribution in [0, 0.1) is 6.92 Å². The maximum absolute atomic E-state index is 12.0. The number of carbonyl (C=O) groups excluding carboxylic acids is 1. The molecular weight excluding hydrogens is 254 g/mol. The summed E-state index contributed by atoms with van der Waals surface area (Å²) in [6.45, 7) is 3.75. The third kappa shape index (κ3) is 2.65. The SMILES string of the molecule is Cc1nc(N)sc1C(=O)NC(C)c1cccs1. The average molecular weight is 267 g/mol. The van der Waals surface area contributed by atoms with Crippen LogP contribution in [0.25, 0.3) is 0 Å². The van der Waals surface area contributed by atoms with Crippen molar-refractivity contribution < 1.29 is 4.79 Å². The Kier molecular flexibility index (Phi) is 3.44. The summed E-state index contributed by atoms with van der Waals surface area (Å²) in [7, 11) is 0. The van der Waals surface area contributed by atoms with Gasteiger partial charge in [0.05, 0.1) is 11.7 Å². The van der Waals surface area contributed by atoms with Gasteiger partial charge in [0.2, 0.25) is 0 Å². The second kappa shape index (κ2) is 4.85. The summed E-state index contributed by atoms with van der Waals surface area (Å²) < 4.78 is 0. The monoisotopic (exact) mass is 267 g/mol. The standard InChI is InChI=1S/C11H13N3OS2/c1-6(8-4-3-5-16-8)13-10(15)9-7(2)14-11(12)17-9/h3-6H,1-2H3,(H2,12,14)(H,13,15). The van der Waals surface area contributed by atoms with Crippen LogP contribution in [0.1, 0.15) is 33.2 Å². The van der Waals surface area contributed by atoms with Crippen molar-refractivity contribution in [2.45, 2.75) is 19.9 Å². The zero-order valence-corrected chi connectivity index (χ0v) is 11.2. The minimum atomic E-state index is -0.113. The predicted octanol–water partition coefficient (Wildman–Crippen LogP) is 2.59. The number of thiazole rings is 1. The first-order valence-corrected chi connectivity index (χ1v) is 6.84. The van der Waals surface area contributed by atoms with Crippen LogP contribution in [0.4, 0.5) is 5.13 Å². The van der Waals surface area contributed by atoms with E-state index in [2.05, 4.69) is 10.3 Å². The Morgan fingerprint density at radius 3 is 2.88 bits per heavy atom. The number of carbonyl (C=O) groups is 1. The van der Waals surface area contributed by atoms with E-state index in [-0.39, 0.29) is 11.9 Å². The van der Waals surface area contributed by atoms with Crippen molar-refractivity contribution in [2.75, 3.05) is 5.73 Å². The lowest BCUT2D eigenvalue weighted by atomic mass is 10.2. The van der Waals surface area contributed by atoms with Crippen LogP contribution in [-0.2, 0) is 0 Å². The normalized spacial score (nSPS) is 12.4. The molecule has 1 amide bonds.